The van der Waals surface area contributed by atoms with Gasteiger partial charge in [0.1, 0.15) is 0 Å². The van der Waals surface area contributed by atoms with Gasteiger partial charge in [-0.1, -0.05) is 51.2 Å². The molecule has 0 aliphatic rings. The zero-order chi connectivity index (χ0) is 9.40. The number of rotatable bonds is 5. The second-order valence-corrected chi connectivity index (χ2v) is 3.54. The van der Waals surface area contributed by atoms with Gasteiger partial charge in [0, 0.05) is 0 Å². The Hall–Kier alpha value is -0.780. The number of allylic oxidation sites excluding steroid dienone is 5. The summed E-state index contributed by atoms with van der Waals surface area (Å²) in [4.78, 5) is 0. The van der Waals surface area contributed by atoms with E-state index in [1.807, 2.05) is 6.08 Å². The van der Waals surface area contributed by atoms with Gasteiger partial charge in [0.2, 0.25) is 0 Å². The zero-order valence-electron chi connectivity index (χ0n) is 8.46. The normalized spacial score (nSPS) is 14.7. The molecule has 0 aliphatic heterocycles. The zero-order valence-corrected chi connectivity index (χ0v) is 8.46. The van der Waals surface area contributed by atoms with Crippen molar-refractivity contribution in [2.24, 2.45) is 11.8 Å². The first-order valence-electron chi connectivity index (χ1n) is 4.62. The van der Waals surface area contributed by atoms with E-state index in [-0.39, 0.29) is 0 Å². The van der Waals surface area contributed by atoms with Crippen molar-refractivity contribution in [1.29, 1.82) is 0 Å². The minimum atomic E-state index is 0.480. The highest BCUT2D eigenvalue weighted by Crippen LogP contribution is 2.01. The highest BCUT2D eigenvalue weighted by molar-refractivity contribution is 5.06. The van der Waals surface area contributed by atoms with Crippen LogP contribution in [0.4, 0.5) is 0 Å². The SMILES string of the molecule is C=CC(C)C=CC=CCC(C)C. The Morgan fingerprint density at radius 2 is 1.83 bits per heavy atom. The maximum Gasteiger partial charge on any atom is -0.00814 e. The summed E-state index contributed by atoms with van der Waals surface area (Å²) in [5, 5.41) is 0. The van der Waals surface area contributed by atoms with Crippen molar-refractivity contribution in [3.63, 3.8) is 0 Å². The van der Waals surface area contributed by atoms with Crippen LogP contribution in [0.3, 0.4) is 0 Å². The Kier molecular flexibility index (Phi) is 6.45. The van der Waals surface area contributed by atoms with E-state index < -0.39 is 0 Å². The van der Waals surface area contributed by atoms with Crippen LogP contribution in [0.5, 0.6) is 0 Å². The van der Waals surface area contributed by atoms with E-state index in [1.54, 1.807) is 0 Å². The van der Waals surface area contributed by atoms with Crippen molar-refractivity contribution in [2.45, 2.75) is 27.2 Å². The van der Waals surface area contributed by atoms with Gasteiger partial charge in [-0.2, -0.15) is 0 Å². The lowest BCUT2D eigenvalue weighted by atomic mass is 10.1. The molecule has 12 heavy (non-hydrogen) atoms. The van der Waals surface area contributed by atoms with E-state index in [0.29, 0.717) is 5.92 Å². The molecule has 0 nitrogen and oxygen atoms in total. The molecule has 0 aliphatic carbocycles. The van der Waals surface area contributed by atoms with Crippen molar-refractivity contribution in [2.75, 3.05) is 0 Å². The summed E-state index contributed by atoms with van der Waals surface area (Å²) in [6.07, 6.45) is 11.6. The van der Waals surface area contributed by atoms with E-state index in [0.717, 1.165) is 12.3 Å². The third-order valence-corrected chi connectivity index (χ3v) is 1.64. The predicted octanol–water partition coefficient (Wildman–Crippen LogP) is 3.97. The predicted molar refractivity (Wildman–Crippen MR) is 57.1 cm³/mol. The van der Waals surface area contributed by atoms with E-state index in [2.05, 4.69) is 51.7 Å². The second-order valence-electron chi connectivity index (χ2n) is 3.54. The lowest BCUT2D eigenvalue weighted by molar-refractivity contribution is 0.664. The van der Waals surface area contributed by atoms with Gasteiger partial charge >= 0.3 is 0 Å². The van der Waals surface area contributed by atoms with Crippen molar-refractivity contribution in [3.8, 4) is 0 Å². The average Bonchev–Trinajstić information content (AvgIpc) is 2.03. The Labute approximate surface area is 76.7 Å². The van der Waals surface area contributed by atoms with Gasteiger partial charge < -0.3 is 0 Å². The van der Waals surface area contributed by atoms with Crippen LogP contribution in [-0.2, 0) is 0 Å². The van der Waals surface area contributed by atoms with Crippen LogP contribution < -0.4 is 0 Å². The fraction of sp³-hybridized carbons (Fsp3) is 0.500. The Bertz CT molecular complexity index is 161. The van der Waals surface area contributed by atoms with Gasteiger partial charge in [-0.05, 0) is 18.3 Å². The molecule has 0 radical (unpaired) electrons. The molecular weight excluding hydrogens is 144 g/mol. The summed E-state index contributed by atoms with van der Waals surface area (Å²) in [6.45, 7) is 10.3. The van der Waals surface area contributed by atoms with Gasteiger partial charge in [0.15, 0.2) is 0 Å². The second kappa shape index (κ2) is 6.90. The molecule has 0 aromatic heterocycles. The fourth-order valence-corrected chi connectivity index (χ4v) is 0.747. The monoisotopic (exact) mass is 164 g/mol. The molecule has 0 rings (SSSR count). The molecule has 0 spiro atoms. The van der Waals surface area contributed by atoms with Crippen LogP contribution in [0.1, 0.15) is 27.2 Å². The van der Waals surface area contributed by atoms with Crippen molar-refractivity contribution in [1.82, 2.24) is 0 Å². The topological polar surface area (TPSA) is 0 Å². The minimum Gasteiger partial charge on any atom is -0.102 e. The smallest absolute Gasteiger partial charge is 0.00814 e. The van der Waals surface area contributed by atoms with Crippen LogP contribution in [0.2, 0.25) is 0 Å². The molecule has 0 saturated carbocycles. The van der Waals surface area contributed by atoms with Crippen LogP contribution >= 0.6 is 0 Å². The summed E-state index contributed by atoms with van der Waals surface area (Å²) in [5.74, 6) is 1.24. The van der Waals surface area contributed by atoms with E-state index in [4.69, 9.17) is 0 Å². The molecule has 0 aromatic rings. The van der Waals surface area contributed by atoms with Crippen molar-refractivity contribution >= 4 is 0 Å². The summed E-state index contributed by atoms with van der Waals surface area (Å²) >= 11 is 0. The van der Waals surface area contributed by atoms with E-state index in [1.165, 1.54) is 0 Å². The molecule has 0 aromatic carbocycles. The Morgan fingerprint density at radius 3 is 2.33 bits per heavy atom. The molecule has 0 heterocycles. The van der Waals surface area contributed by atoms with Crippen LogP contribution in [0.15, 0.2) is 37.0 Å². The Balaban J connectivity index is 3.58. The minimum absolute atomic E-state index is 0.480. The first-order chi connectivity index (χ1) is 5.66. The average molecular weight is 164 g/mol. The first kappa shape index (κ1) is 11.2. The molecule has 0 N–H and O–H groups in total. The van der Waals surface area contributed by atoms with Crippen molar-refractivity contribution in [3.05, 3.63) is 37.0 Å². The van der Waals surface area contributed by atoms with Gasteiger partial charge in [0.05, 0.1) is 0 Å². The van der Waals surface area contributed by atoms with Gasteiger partial charge in [-0.25, -0.2) is 0 Å². The summed E-state index contributed by atoms with van der Waals surface area (Å²) < 4.78 is 0. The van der Waals surface area contributed by atoms with Crippen molar-refractivity contribution < 1.29 is 0 Å². The highest BCUT2D eigenvalue weighted by Gasteiger charge is 1.86. The van der Waals surface area contributed by atoms with E-state index >= 15 is 0 Å². The van der Waals surface area contributed by atoms with Gasteiger partial charge in [-0.3, -0.25) is 0 Å². The summed E-state index contributed by atoms with van der Waals surface area (Å²) in [6, 6.07) is 0. The summed E-state index contributed by atoms with van der Waals surface area (Å²) in [5.41, 5.74) is 0. The molecule has 0 bridgehead atoms. The molecule has 0 fully saturated rings. The van der Waals surface area contributed by atoms with Crippen LogP contribution in [0.25, 0.3) is 0 Å². The largest absolute Gasteiger partial charge is 0.102 e. The molecular formula is C12H20. The number of hydrogen-bond donors (Lipinski definition) is 0. The molecule has 68 valence electrons. The Morgan fingerprint density at radius 1 is 1.17 bits per heavy atom. The lowest BCUT2D eigenvalue weighted by Crippen LogP contribution is -1.81. The third kappa shape index (κ3) is 7.33. The lowest BCUT2D eigenvalue weighted by Gasteiger charge is -1.95. The van der Waals surface area contributed by atoms with E-state index in [9.17, 15) is 0 Å². The third-order valence-electron chi connectivity index (χ3n) is 1.64. The van der Waals surface area contributed by atoms with Gasteiger partial charge in [-0.15, -0.1) is 6.58 Å². The maximum absolute atomic E-state index is 3.71. The molecule has 0 heteroatoms. The summed E-state index contributed by atoms with van der Waals surface area (Å²) in [7, 11) is 0. The molecule has 1 unspecified atom stereocenters. The standard InChI is InChI=1S/C12H20/c1-5-12(4)10-8-6-7-9-11(2)3/h5-8,10-12H,1,9H2,2-4H3. The molecule has 0 saturated heterocycles. The maximum atomic E-state index is 3.71. The van der Waals surface area contributed by atoms with Crippen LogP contribution in [0, 0.1) is 11.8 Å². The highest BCUT2D eigenvalue weighted by atomic mass is 13.9. The van der Waals surface area contributed by atoms with Crippen LogP contribution in [-0.4, -0.2) is 0 Å². The first-order valence-corrected chi connectivity index (χ1v) is 4.62. The quantitative estimate of drug-likeness (QED) is 0.426. The number of hydrogen-bond acceptors (Lipinski definition) is 0. The molecule has 0 amide bonds. The fourth-order valence-electron chi connectivity index (χ4n) is 0.747. The van der Waals surface area contributed by atoms with Gasteiger partial charge in [0.25, 0.3) is 0 Å². The molecule has 1 atom stereocenters.